The van der Waals surface area contributed by atoms with Crippen LogP contribution in [0.3, 0.4) is 0 Å². The van der Waals surface area contributed by atoms with Gasteiger partial charge in [0.1, 0.15) is 0 Å². The molecule has 0 amide bonds. The van der Waals surface area contributed by atoms with Gasteiger partial charge in [0.15, 0.2) is 0 Å². The summed E-state index contributed by atoms with van der Waals surface area (Å²) in [6, 6.07) is 0. The summed E-state index contributed by atoms with van der Waals surface area (Å²) in [5.74, 6) is 0. The second kappa shape index (κ2) is 5.57. The van der Waals surface area contributed by atoms with Crippen LogP contribution in [0.5, 0.6) is 0 Å². The Kier molecular flexibility index (Phi) is 5.23. The van der Waals surface area contributed by atoms with Crippen LogP contribution in [0.1, 0.15) is 19.8 Å². The summed E-state index contributed by atoms with van der Waals surface area (Å²) in [5, 5.41) is 8.52. The van der Waals surface area contributed by atoms with Crippen molar-refractivity contribution in [3.63, 3.8) is 0 Å². The normalized spacial score (nSPS) is 11.6. The lowest BCUT2D eigenvalue weighted by molar-refractivity contribution is 0.298. The van der Waals surface area contributed by atoms with Crippen molar-refractivity contribution >= 4 is 0 Å². The van der Waals surface area contributed by atoms with Gasteiger partial charge in [-0.25, -0.2) is 0 Å². The fourth-order valence-electron chi connectivity index (χ4n) is 0.688. The van der Waals surface area contributed by atoms with E-state index in [2.05, 4.69) is 13.5 Å². The number of hydrogen-bond donors (Lipinski definition) is 1. The van der Waals surface area contributed by atoms with Gasteiger partial charge in [-0.15, -0.1) is 0 Å². The maximum absolute atomic E-state index is 8.52. The maximum Gasteiger partial charge on any atom is 0.0468 e. The number of aliphatic hydroxyl groups excluding tert-OH is 1. The van der Waals surface area contributed by atoms with Crippen molar-refractivity contribution in [2.75, 3.05) is 6.61 Å². The summed E-state index contributed by atoms with van der Waals surface area (Å²) in [5.41, 5.74) is 1.26. The number of allylic oxidation sites excluding steroid dienone is 2. The average Bonchev–Trinajstić information content (AvgIpc) is 1.88. The smallest absolute Gasteiger partial charge is 0.0468 e. The third-order valence-corrected chi connectivity index (χ3v) is 1.24. The highest BCUT2D eigenvalue weighted by atomic mass is 16.2. The Balaban J connectivity index is 3.66. The van der Waals surface area contributed by atoms with E-state index in [9.17, 15) is 0 Å². The van der Waals surface area contributed by atoms with Crippen molar-refractivity contribution in [1.82, 2.24) is 0 Å². The van der Waals surface area contributed by atoms with Gasteiger partial charge >= 0.3 is 0 Å². The molecule has 0 spiro atoms. The van der Waals surface area contributed by atoms with Crippen LogP contribution in [0, 0.1) is 0 Å². The van der Waals surface area contributed by atoms with Gasteiger partial charge < -0.3 is 5.11 Å². The summed E-state index contributed by atoms with van der Waals surface area (Å²) >= 11 is 0. The first-order valence-corrected chi connectivity index (χ1v) is 3.26. The Morgan fingerprint density at radius 3 is 2.67 bits per heavy atom. The largest absolute Gasteiger partial charge is 0.396 e. The fraction of sp³-hybridized carbons (Fsp3) is 0.500. The number of aliphatic hydroxyl groups is 1. The van der Waals surface area contributed by atoms with E-state index in [1.165, 1.54) is 5.57 Å². The van der Waals surface area contributed by atoms with Gasteiger partial charge in [-0.2, -0.15) is 0 Å². The third kappa shape index (κ3) is 3.98. The minimum Gasteiger partial charge on any atom is -0.396 e. The number of hydrogen-bond acceptors (Lipinski definition) is 1. The van der Waals surface area contributed by atoms with Gasteiger partial charge in [-0.05, 0) is 12.8 Å². The summed E-state index contributed by atoms with van der Waals surface area (Å²) in [4.78, 5) is 0. The van der Waals surface area contributed by atoms with E-state index in [0.29, 0.717) is 0 Å². The van der Waals surface area contributed by atoms with E-state index in [1.54, 1.807) is 6.08 Å². The lowest BCUT2D eigenvalue weighted by atomic mass is 10.1. The standard InChI is InChI=1S/C8H14O/c1-3-5-8(4-2)6-7-9/h3,5,9H,1,4,6-7H2,2H3. The molecular formula is C8H14O. The summed E-state index contributed by atoms with van der Waals surface area (Å²) in [6.45, 7) is 5.89. The summed E-state index contributed by atoms with van der Waals surface area (Å²) in [7, 11) is 0. The van der Waals surface area contributed by atoms with E-state index < -0.39 is 0 Å². The highest BCUT2D eigenvalue weighted by Crippen LogP contribution is 2.04. The molecular weight excluding hydrogens is 112 g/mol. The molecule has 1 N–H and O–H groups in total. The molecule has 1 heteroatoms. The lowest BCUT2D eigenvalue weighted by Gasteiger charge is -1.97. The molecule has 0 aromatic carbocycles. The zero-order valence-corrected chi connectivity index (χ0v) is 5.93. The second-order valence-electron chi connectivity index (χ2n) is 1.89. The van der Waals surface area contributed by atoms with Crippen molar-refractivity contribution in [1.29, 1.82) is 0 Å². The minimum atomic E-state index is 0.244. The topological polar surface area (TPSA) is 20.2 Å². The van der Waals surface area contributed by atoms with Crippen LogP contribution in [-0.2, 0) is 0 Å². The van der Waals surface area contributed by atoms with Crippen LogP contribution >= 0.6 is 0 Å². The highest BCUT2D eigenvalue weighted by molar-refractivity contribution is 5.09. The molecule has 0 aliphatic carbocycles. The van der Waals surface area contributed by atoms with E-state index >= 15 is 0 Å². The molecule has 0 unspecified atom stereocenters. The first-order valence-electron chi connectivity index (χ1n) is 3.26. The van der Waals surface area contributed by atoms with Crippen LogP contribution in [0.25, 0.3) is 0 Å². The van der Waals surface area contributed by atoms with Gasteiger partial charge in [0, 0.05) is 6.61 Å². The molecule has 0 saturated carbocycles. The van der Waals surface area contributed by atoms with Gasteiger partial charge in [-0.1, -0.05) is 31.2 Å². The quantitative estimate of drug-likeness (QED) is 0.570. The van der Waals surface area contributed by atoms with Gasteiger partial charge in [0.25, 0.3) is 0 Å². The molecule has 52 valence electrons. The van der Waals surface area contributed by atoms with E-state index in [-0.39, 0.29) is 6.61 Å². The fourth-order valence-corrected chi connectivity index (χ4v) is 0.688. The van der Waals surface area contributed by atoms with Crippen molar-refractivity contribution < 1.29 is 5.11 Å². The second-order valence-corrected chi connectivity index (χ2v) is 1.89. The Hall–Kier alpha value is -0.560. The van der Waals surface area contributed by atoms with Crippen molar-refractivity contribution in [2.45, 2.75) is 19.8 Å². The van der Waals surface area contributed by atoms with Gasteiger partial charge in [-0.3, -0.25) is 0 Å². The molecule has 1 nitrogen and oxygen atoms in total. The maximum atomic E-state index is 8.52. The molecule has 0 aliphatic rings. The highest BCUT2D eigenvalue weighted by Gasteiger charge is 1.88. The molecule has 0 radical (unpaired) electrons. The predicted molar refractivity (Wildman–Crippen MR) is 40.3 cm³/mol. The molecule has 0 aliphatic heterocycles. The van der Waals surface area contributed by atoms with Crippen molar-refractivity contribution in [3.05, 3.63) is 24.3 Å². The minimum absolute atomic E-state index is 0.244. The van der Waals surface area contributed by atoms with Crippen LogP contribution in [0.2, 0.25) is 0 Å². The molecule has 0 rings (SSSR count). The molecule has 9 heavy (non-hydrogen) atoms. The molecule has 0 aromatic rings. The van der Waals surface area contributed by atoms with E-state index in [0.717, 1.165) is 12.8 Å². The zero-order chi connectivity index (χ0) is 7.11. The van der Waals surface area contributed by atoms with Gasteiger partial charge in [0.2, 0.25) is 0 Å². The Morgan fingerprint density at radius 2 is 2.33 bits per heavy atom. The van der Waals surface area contributed by atoms with E-state index in [4.69, 9.17) is 5.11 Å². The summed E-state index contributed by atoms with van der Waals surface area (Å²) < 4.78 is 0. The third-order valence-electron chi connectivity index (χ3n) is 1.24. The van der Waals surface area contributed by atoms with Gasteiger partial charge in [0.05, 0.1) is 0 Å². The van der Waals surface area contributed by atoms with Crippen LogP contribution in [0.15, 0.2) is 24.3 Å². The van der Waals surface area contributed by atoms with Crippen molar-refractivity contribution in [3.8, 4) is 0 Å². The Morgan fingerprint density at radius 1 is 1.67 bits per heavy atom. The first kappa shape index (κ1) is 8.44. The molecule has 0 heterocycles. The Bertz CT molecular complexity index is 103. The van der Waals surface area contributed by atoms with E-state index in [1.807, 2.05) is 6.08 Å². The molecule has 0 bridgehead atoms. The number of rotatable bonds is 4. The molecule has 0 fully saturated rings. The molecule has 0 saturated heterocycles. The summed E-state index contributed by atoms with van der Waals surface area (Å²) in [6.07, 6.45) is 5.50. The predicted octanol–water partition coefficient (Wildman–Crippen LogP) is 1.89. The molecule has 0 atom stereocenters. The monoisotopic (exact) mass is 126 g/mol. The van der Waals surface area contributed by atoms with Crippen molar-refractivity contribution in [2.24, 2.45) is 0 Å². The van der Waals surface area contributed by atoms with Crippen LogP contribution in [0.4, 0.5) is 0 Å². The first-order chi connectivity index (χ1) is 4.35. The molecule has 0 aromatic heterocycles. The lowest BCUT2D eigenvalue weighted by Crippen LogP contribution is -1.85. The van der Waals surface area contributed by atoms with Crippen LogP contribution in [-0.4, -0.2) is 11.7 Å². The average molecular weight is 126 g/mol. The Labute approximate surface area is 56.7 Å². The van der Waals surface area contributed by atoms with Crippen LogP contribution < -0.4 is 0 Å². The SMILES string of the molecule is C=CC=C(CC)CCO. The zero-order valence-electron chi connectivity index (χ0n) is 5.93.